The molecule has 2 rings (SSSR count). The summed E-state index contributed by atoms with van der Waals surface area (Å²) in [5.74, 6) is -0.420. The lowest BCUT2D eigenvalue weighted by molar-refractivity contribution is -0.149. The van der Waals surface area contributed by atoms with Gasteiger partial charge in [0.1, 0.15) is 6.10 Å². The van der Waals surface area contributed by atoms with Gasteiger partial charge >= 0.3 is 5.97 Å². The lowest BCUT2D eigenvalue weighted by atomic mass is 10.0. The average Bonchev–Trinajstić information content (AvgIpc) is 2.62. The van der Waals surface area contributed by atoms with Crippen molar-refractivity contribution in [1.29, 1.82) is 0 Å². The molecule has 0 spiro atoms. The third kappa shape index (κ3) is 3.64. The second kappa shape index (κ2) is 6.48. The smallest absolute Gasteiger partial charge is 0.308 e. The van der Waals surface area contributed by atoms with E-state index in [-0.39, 0.29) is 18.3 Å². The van der Waals surface area contributed by atoms with Gasteiger partial charge in [-0.15, -0.1) is 0 Å². The molecule has 2 atom stereocenters. The summed E-state index contributed by atoms with van der Waals surface area (Å²) < 4.78 is 10.4. The minimum Gasteiger partial charge on any atom is -0.469 e. The highest BCUT2D eigenvalue weighted by molar-refractivity contribution is 5.87. The number of carbonyl (C=O) groups excluding carboxylic acids is 2. The number of Topliss-reactive ketones (excluding diaryl/α,β-unsaturated/α-hetero) is 1. The fourth-order valence-corrected chi connectivity index (χ4v) is 2.27. The van der Waals surface area contributed by atoms with E-state index in [9.17, 15) is 9.59 Å². The Balaban J connectivity index is 2.10. The minimum absolute atomic E-state index is 0.00132. The van der Waals surface area contributed by atoms with E-state index < -0.39 is 12.1 Å². The van der Waals surface area contributed by atoms with Gasteiger partial charge in [0.05, 0.1) is 19.6 Å². The largest absolute Gasteiger partial charge is 0.469 e. The number of rotatable bonds is 3. The van der Waals surface area contributed by atoms with Gasteiger partial charge in [0.25, 0.3) is 0 Å². The Labute approximate surface area is 112 Å². The van der Waals surface area contributed by atoms with Crippen LogP contribution in [0.5, 0.6) is 0 Å². The lowest BCUT2D eigenvalue weighted by Gasteiger charge is -2.20. The number of ketones is 1. The van der Waals surface area contributed by atoms with Crippen LogP contribution in [0.15, 0.2) is 30.3 Å². The maximum atomic E-state index is 11.9. The molecule has 19 heavy (non-hydrogen) atoms. The van der Waals surface area contributed by atoms with E-state index in [4.69, 9.17) is 4.74 Å². The van der Waals surface area contributed by atoms with E-state index in [0.717, 1.165) is 18.4 Å². The van der Waals surface area contributed by atoms with E-state index in [0.29, 0.717) is 6.42 Å². The first-order valence-electron chi connectivity index (χ1n) is 6.50. The van der Waals surface area contributed by atoms with Crippen molar-refractivity contribution in [3.63, 3.8) is 0 Å². The summed E-state index contributed by atoms with van der Waals surface area (Å²) >= 11 is 0. The number of esters is 1. The molecule has 0 radical (unpaired) electrons. The van der Waals surface area contributed by atoms with Crippen LogP contribution >= 0.6 is 0 Å². The molecule has 102 valence electrons. The van der Waals surface area contributed by atoms with Crippen molar-refractivity contribution in [2.45, 2.75) is 37.9 Å². The topological polar surface area (TPSA) is 52.6 Å². The van der Waals surface area contributed by atoms with Crippen LogP contribution in [0.4, 0.5) is 0 Å². The summed E-state index contributed by atoms with van der Waals surface area (Å²) in [4.78, 5) is 23.2. The molecule has 0 bridgehead atoms. The van der Waals surface area contributed by atoms with Crippen LogP contribution in [0.25, 0.3) is 0 Å². The van der Waals surface area contributed by atoms with Gasteiger partial charge in [-0.2, -0.15) is 0 Å². The summed E-state index contributed by atoms with van der Waals surface area (Å²) in [6.45, 7) is 0. The second-order valence-corrected chi connectivity index (χ2v) is 4.66. The first-order chi connectivity index (χ1) is 9.20. The highest BCUT2D eigenvalue weighted by atomic mass is 16.5. The molecule has 4 nitrogen and oxygen atoms in total. The van der Waals surface area contributed by atoms with Crippen molar-refractivity contribution in [3.05, 3.63) is 35.9 Å². The predicted octanol–water partition coefficient (Wildman–Crippen LogP) is 2.43. The monoisotopic (exact) mass is 262 g/mol. The summed E-state index contributed by atoms with van der Waals surface area (Å²) in [5.41, 5.74) is 1.05. The number of methoxy groups -OCH3 is 1. The summed E-state index contributed by atoms with van der Waals surface area (Å²) in [7, 11) is 1.32. The Morgan fingerprint density at radius 1 is 1.37 bits per heavy atom. The molecular formula is C15H18O4. The molecule has 0 aliphatic carbocycles. The Kier molecular flexibility index (Phi) is 4.68. The van der Waals surface area contributed by atoms with Gasteiger partial charge < -0.3 is 9.47 Å². The van der Waals surface area contributed by atoms with Gasteiger partial charge in [0.15, 0.2) is 5.78 Å². The zero-order valence-electron chi connectivity index (χ0n) is 11.0. The van der Waals surface area contributed by atoms with Crippen LogP contribution in [-0.2, 0) is 19.1 Å². The molecule has 0 amide bonds. The predicted molar refractivity (Wildman–Crippen MR) is 69.5 cm³/mol. The highest BCUT2D eigenvalue weighted by Gasteiger charge is 2.29. The van der Waals surface area contributed by atoms with Gasteiger partial charge in [0.2, 0.25) is 0 Å². The standard InChI is InChI=1S/C15H18O4/c1-18-15(17)10-14-12(16)8-5-9-13(19-14)11-6-3-2-4-7-11/h2-4,6-7,13-14H,5,8-10H2,1H3/t13-,14-/m1/s1. The van der Waals surface area contributed by atoms with Crippen LogP contribution in [0, 0.1) is 0 Å². The van der Waals surface area contributed by atoms with Crippen molar-refractivity contribution in [2.24, 2.45) is 0 Å². The molecule has 1 heterocycles. The fourth-order valence-electron chi connectivity index (χ4n) is 2.27. The molecule has 0 saturated carbocycles. The average molecular weight is 262 g/mol. The molecule has 1 aromatic carbocycles. The minimum atomic E-state index is -0.680. The molecule has 1 aromatic rings. The molecule has 0 aromatic heterocycles. The normalized spacial score (nSPS) is 23.7. The van der Waals surface area contributed by atoms with Crippen molar-refractivity contribution >= 4 is 11.8 Å². The maximum absolute atomic E-state index is 11.9. The molecule has 1 aliphatic rings. The molecule has 0 unspecified atom stereocenters. The van der Waals surface area contributed by atoms with Gasteiger partial charge in [0, 0.05) is 6.42 Å². The van der Waals surface area contributed by atoms with Crippen molar-refractivity contribution in [2.75, 3.05) is 7.11 Å². The number of hydrogen-bond donors (Lipinski definition) is 0. The molecule has 0 N–H and O–H groups in total. The molecule has 4 heteroatoms. The first-order valence-corrected chi connectivity index (χ1v) is 6.50. The van der Waals surface area contributed by atoms with E-state index in [1.807, 2.05) is 30.3 Å². The Morgan fingerprint density at radius 3 is 2.79 bits per heavy atom. The third-order valence-electron chi connectivity index (χ3n) is 3.33. The van der Waals surface area contributed by atoms with E-state index in [2.05, 4.69) is 4.74 Å². The number of hydrogen-bond acceptors (Lipinski definition) is 4. The number of carbonyl (C=O) groups is 2. The number of ether oxygens (including phenoxy) is 2. The van der Waals surface area contributed by atoms with Crippen LogP contribution < -0.4 is 0 Å². The van der Waals surface area contributed by atoms with Crippen LogP contribution in [0.3, 0.4) is 0 Å². The molecule has 1 aliphatic heterocycles. The van der Waals surface area contributed by atoms with E-state index >= 15 is 0 Å². The quantitative estimate of drug-likeness (QED) is 0.785. The van der Waals surface area contributed by atoms with Crippen LogP contribution in [0.1, 0.15) is 37.4 Å². The summed E-state index contributed by atoms with van der Waals surface area (Å²) in [5, 5.41) is 0. The van der Waals surface area contributed by atoms with Gasteiger partial charge in [-0.25, -0.2) is 0 Å². The number of benzene rings is 1. The molecule has 1 saturated heterocycles. The van der Waals surface area contributed by atoms with Gasteiger partial charge in [-0.3, -0.25) is 9.59 Å². The maximum Gasteiger partial charge on any atom is 0.308 e. The second-order valence-electron chi connectivity index (χ2n) is 4.66. The van der Waals surface area contributed by atoms with Gasteiger partial charge in [-0.1, -0.05) is 30.3 Å². The lowest BCUT2D eigenvalue weighted by Crippen LogP contribution is -2.27. The summed E-state index contributed by atoms with van der Waals surface area (Å²) in [6, 6.07) is 9.80. The SMILES string of the molecule is COC(=O)C[C@H]1O[C@@H](c2ccccc2)CCCC1=O. The fraction of sp³-hybridized carbons (Fsp3) is 0.467. The molecular weight excluding hydrogens is 244 g/mol. The van der Waals surface area contributed by atoms with Crippen molar-refractivity contribution in [3.8, 4) is 0 Å². The van der Waals surface area contributed by atoms with E-state index in [1.54, 1.807) is 0 Å². The Bertz CT molecular complexity index is 441. The van der Waals surface area contributed by atoms with Crippen LogP contribution in [-0.4, -0.2) is 25.0 Å². The summed E-state index contributed by atoms with van der Waals surface area (Å²) in [6.07, 6.45) is 1.25. The van der Waals surface area contributed by atoms with E-state index in [1.165, 1.54) is 7.11 Å². The Hall–Kier alpha value is -1.68. The third-order valence-corrected chi connectivity index (χ3v) is 3.33. The van der Waals surface area contributed by atoms with Crippen LogP contribution in [0.2, 0.25) is 0 Å². The highest BCUT2D eigenvalue weighted by Crippen LogP contribution is 2.29. The Morgan fingerprint density at radius 2 is 2.11 bits per heavy atom. The van der Waals surface area contributed by atoms with Gasteiger partial charge in [-0.05, 0) is 18.4 Å². The zero-order chi connectivity index (χ0) is 13.7. The van der Waals surface area contributed by atoms with Crippen molar-refractivity contribution < 1.29 is 19.1 Å². The zero-order valence-corrected chi connectivity index (χ0v) is 11.0. The molecule has 1 fully saturated rings. The first kappa shape index (κ1) is 13.7. The van der Waals surface area contributed by atoms with Crippen molar-refractivity contribution in [1.82, 2.24) is 0 Å².